The predicted octanol–water partition coefficient (Wildman–Crippen LogP) is 6.60. The van der Waals surface area contributed by atoms with Crippen LogP contribution in [0.25, 0.3) is 0 Å². The molecule has 0 unspecified atom stereocenters. The van der Waals surface area contributed by atoms with E-state index in [1.807, 2.05) is 6.08 Å². The minimum atomic E-state index is -4.21. The van der Waals surface area contributed by atoms with Crippen LogP contribution in [-0.2, 0) is 14.9 Å². The highest BCUT2D eigenvalue weighted by Gasteiger charge is 2.59. The molecule has 1 fully saturated rings. The van der Waals surface area contributed by atoms with Gasteiger partial charge in [-0.05, 0) is 88.1 Å². The number of alkyl halides is 3. The Kier molecular flexibility index (Phi) is 7.33. The van der Waals surface area contributed by atoms with Gasteiger partial charge in [0.25, 0.3) is 0 Å². The number of allylic oxidation sites excluding steroid dienone is 3. The van der Waals surface area contributed by atoms with Crippen LogP contribution in [0.15, 0.2) is 46.1 Å². The molecule has 1 aromatic carbocycles. The summed E-state index contributed by atoms with van der Waals surface area (Å²) in [5.74, 6) is -0.726. The van der Waals surface area contributed by atoms with Crippen molar-refractivity contribution >= 4 is 23.4 Å². The molecule has 1 aromatic rings. The van der Waals surface area contributed by atoms with Gasteiger partial charge in [0.2, 0.25) is 5.91 Å². The number of halogens is 4. The normalized spacial score (nSPS) is 20.4. The van der Waals surface area contributed by atoms with E-state index in [2.05, 4.69) is 0 Å². The number of anilines is 1. The first-order valence-electron chi connectivity index (χ1n) is 13.6. The highest BCUT2D eigenvalue weighted by atomic mass is 19.4. The highest BCUT2D eigenvalue weighted by Crippen LogP contribution is 2.48. The first-order valence-corrected chi connectivity index (χ1v) is 13.6. The second kappa shape index (κ2) is 10.4. The zero-order valence-corrected chi connectivity index (χ0v) is 22.2. The van der Waals surface area contributed by atoms with Crippen LogP contribution in [0, 0.1) is 5.82 Å². The van der Waals surface area contributed by atoms with Gasteiger partial charge in [0, 0.05) is 25.2 Å². The monoisotopic (exact) mass is 547 g/mol. The van der Waals surface area contributed by atoms with Gasteiger partial charge in [-0.15, -0.1) is 0 Å². The Morgan fingerprint density at radius 1 is 1.18 bits per heavy atom. The fraction of sp³-hybridized carbons (Fsp3) is 0.552. The molecule has 210 valence electrons. The summed E-state index contributed by atoms with van der Waals surface area (Å²) in [6.45, 7) is 3.84. The van der Waals surface area contributed by atoms with E-state index in [0.717, 1.165) is 42.5 Å². The molecule has 1 aliphatic carbocycles. The van der Waals surface area contributed by atoms with E-state index in [9.17, 15) is 27.2 Å². The number of hydrogen-bond acceptors (Lipinski definition) is 4. The Balaban J connectivity index is 1.42. The van der Waals surface area contributed by atoms with Crippen LogP contribution < -0.4 is 4.90 Å². The first-order chi connectivity index (χ1) is 18.4. The minimum absolute atomic E-state index is 0.00661. The molecule has 1 saturated heterocycles. The summed E-state index contributed by atoms with van der Waals surface area (Å²) < 4.78 is 58.1. The first kappa shape index (κ1) is 27.4. The average molecular weight is 548 g/mol. The van der Waals surface area contributed by atoms with Crippen LogP contribution in [0.2, 0.25) is 0 Å². The molecule has 3 heterocycles. The number of benzene rings is 1. The van der Waals surface area contributed by atoms with Crippen molar-refractivity contribution in [2.24, 2.45) is 4.99 Å². The number of likely N-dealkylation sites (tertiary alicyclic amines) is 1. The van der Waals surface area contributed by atoms with Gasteiger partial charge in [0.1, 0.15) is 11.2 Å². The average Bonchev–Trinajstić information content (AvgIpc) is 2.93. The van der Waals surface area contributed by atoms with Crippen molar-refractivity contribution in [1.29, 1.82) is 0 Å². The molecule has 10 heteroatoms. The fourth-order valence-electron chi connectivity index (χ4n) is 6.05. The van der Waals surface area contributed by atoms with E-state index in [0.29, 0.717) is 29.8 Å². The number of carbonyl (C=O) groups is 2. The molecule has 39 heavy (non-hydrogen) atoms. The summed E-state index contributed by atoms with van der Waals surface area (Å²) in [5, 5.41) is 0. The maximum absolute atomic E-state index is 14.4. The quantitative estimate of drug-likeness (QED) is 0.377. The molecule has 4 aliphatic rings. The van der Waals surface area contributed by atoms with Gasteiger partial charge in [0.05, 0.1) is 24.0 Å². The van der Waals surface area contributed by atoms with E-state index in [-0.39, 0.29) is 38.1 Å². The smallest absolute Gasteiger partial charge is 0.410 e. The third-order valence-corrected chi connectivity index (χ3v) is 7.86. The lowest BCUT2D eigenvalue weighted by Crippen LogP contribution is -2.65. The summed E-state index contributed by atoms with van der Waals surface area (Å²) in [6.07, 6.45) is 0.531. The van der Waals surface area contributed by atoms with E-state index < -0.39 is 29.9 Å². The number of nitrogens with zero attached hydrogens (tertiary/aromatic N) is 3. The molecule has 0 atom stereocenters. The molecule has 6 nitrogen and oxygen atoms in total. The molecule has 0 radical (unpaired) electrons. The Morgan fingerprint density at radius 2 is 1.92 bits per heavy atom. The van der Waals surface area contributed by atoms with E-state index >= 15 is 0 Å². The summed E-state index contributed by atoms with van der Waals surface area (Å²) >= 11 is 0. The van der Waals surface area contributed by atoms with Crippen LogP contribution >= 0.6 is 0 Å². The molecule has 2 amide bonds. The van der Waals surface area contributed by atoms with Crippen molar-refractivity contribution in [3.8, 4) is 0 Å². The van der Waals surface area contributed by atoms with Crippen molar-refractivity contribution in [2.45, 2.75) is 82.9 Å². The molecule has 0 bridgehead atoms. The number of aliphatic imine (C=N–C) groups is 1. The summed E-state index contributed by atoms with van der Waals surface area (Å²) in [6, 6.07) is 4.24. The summed E-state index contributed by atoms with van der Waals surface area (Å²) in [5.41, 5.74) is 3.67. The number of amides is 2. The van der Waals surface area contributed by atoms with E-state index in [4.69, 9.17) is 9.73 Å². The summed E-state index contributed by atoms with van der Waals surface area (Å²) in [7, 11) is 0. The third kappa shape index (κ3) is 5.61. The molecule has 5 rings (SSSR count). The van der Waals surface area contributed by atoms with Crippen LogP contribution in [0.4, 0.5) is 28.0 Å². The Labute approximate surface area is 225 Å². The largest absolute Gasteiger partial charge is 0.447 e. The number of ether oxygens (including phenoxy) is 1. The van der Waals surface area contributed by atoms with Gasteiger partial charge >= 0.3 is 12.3 Å². The number of fused-ring (bicyclic) bond motifs is 2. The number of carbonyl (C=O) groups excluding carboxylic acids is 2. The fourth-order valence-corrected chi connectivity index (χ4v) is 6.05. The second-order valence-electron chi connectivity index (χ2n) is 11.2. The minimum Gasteiger partial charge on any atom is -0.447 e. The molecule has 1 spiro atoms. The molecular formula is C29H33F4N3O3. The van der Waals surface area contributed by atoms with Gasteiger partial charge in [0.15, 0.2) is 0 Å². The molecule has 0 aromatic heterocycles. The Bertz CT molecular complexity index is 1260. The maximum Gasteiger partial charge on any atom is 0.410 e. The third-order valence-electron chi connectivity index (χ3n) is 7.86. The van der Waals surface area contributed by atoms with Crippen molar-refractivity contribution in [3.63, 3.8) is 0 Å². The highest BCUT2D eigenvalue weighted by molar-refractivity contribution is 6.14. The lowest BCUT2D eigenvalue weighted by molar-refractivity contribution is -0.135. The van der Waals surface area contributed by atoms with Crippen LogP contribution in [-0.4, -0.2) is 54.5 Å². The lowest BCUT2D eigenvalue weighted by Gasteiger charge is -2.46. The topological polar surface area (TPSA) is 62.2 Å². The molecular weight excluding hydrogens is 514 g/mol. The van der Waals surface area contributed by atoms with Gasteiger partial charge in [-0.3, -0.25) is 9.79 Å². The maximum atomic E-state index is 14.4. The standard InChI is InChI=1S/C29H33F4N3O3/c1-18(2)39-27(38)35-16-28(17-35)23-10-9-21(30)14-25(23)36(26(28)37)15-22-13-19(6-5-11-29(31,32)33)12-20-7-3-4-8-24(20)34-22/h9-10,13-14,18H,3-8,11-12,15-17H2,1-2H3. The zero-order chi connectivity index (χ0) is 27.9. The van der Waals surface area contributed by atoms with E-state index in [1.165, 1.54) is 21.9 Å². The number of hydrogen-bond donors (Lipinski definition) is 0. The van der Waals surface area contributed by atoms with E-state index in [1.54, 1.807) is 19.9 Å². The predicted molar refractivity (Wildman–Crippen MR) is 139 cm³/mol. The van der Waals surface area contributed by atoms with Gasteiger partial charge < -0.3 is 14.5 Å². The Morgan fingerprint density at radius 3 is 2.64 bits per heavy atom. The van der Waals surface area contributed by atoms with Crippen molar-refractivity contribution in [2.75, 3.05) is 24.5 Å². The molecule has 0 saturated carbocycles. The number of rotatable bonds is 6. The van der Waals surface area contributed by atoms with Gasteiger partial charge in [-0.1, -0.05) is 11.6 Å². The Hall–Kier alpha value is -3.17. The van der Waals surface area contributed by atoms with Crippen molar-refractivity contribution in [1.82, 2.24) is 4.90 Å². The lowest BCUT2D eigenvalue weighted by atomic mass is 9.75. The summed E-state index contributed by atoms with van der Waals surface area (Å²) in [4.78, 5) is 34.2. The van der Waals surface area contributed by atoms with Gasteiger partial charge in [-0.2, -0.15) is 13.2 Å². The van der Waals surface area contributed by atoms with Crippen molar-refractivity contribution < 1.29 is 31.9 Å². The van der Waals surface area contributed by atoms with Crippen LogP contribution in [0.5, 0.6) is 0 Å². The molecule has 0 N–H and O–H groups in total. The van der Waals surface area contributed by atoms with Gasteiger partial charge in [-0.25, -0.2) is 9.18 Å². The SMILES string of the molecule is CC(C)OC(=O)N1CC2(C1)C(=O)N(CC1=NC3=C(CCCC3)CC(CCCC(F)(F)F)=C1)c1cc(F)ccc12. The molecule has 3 aliphatic heterocycles. The van der Waals surface area contributed by atoms with Crippen LogP contribution in [0.3, 0.4) is 0 Å². The second-order valence-corrected chi connectivity index (χ2v) is 11.2. The van der Waals surface area contributed by atoms with Crippen molar-refractivity contribution in [3.05, 3.63) is 52.5 Å². The zero-order valence-electron chi connectivity index (χ0n) is 22.2. The van der Waals surface area contributed by atoms with Crippen LogP contribution in [0.1, 0.15) is 70.8 Å².